The monoisotopic (exact) mass is 480 g/mol. The number of benzene rings is 2. The summed E-state index contributed by atoms with van der Waals surface area (Å²) >= 11 is 0. The minimum Gasteiger partial charge on any atom is -0.481 e. The van der Waals surface area contributed by atoms with Crippen LogP contribution in [0.5, 0.6) is 0 Å². The van der Waals surface area contributed by atoms with Gasteiger partial charge >= 0.3 is 12.1 Å². The standard InChI is InChI=1S/C27H32N2O6/c1-17(2)23(15-24(30)31)28-25(32)27(11-13-34-14-12-27)29-26(33)35-16-22-20-9-5-3-7-18(20)19-8-4-6-10-21(19)22/h3-10,17,22-23H,11-16H2,1-2H3,(H,28,32)(H,29,33)(H,30,31)/t23-/m0/s1. The van der Waals surface area contributed by atoms with E-state index in [1.807, 2.05) is 50.2 Å². The molecule has 1 fully saturated rings. The van der Waals surface area contributed by atoms with E-state index in [-0.39, 0.29) is 37.7 Å². The number of hydrogen-bond donors (Lipinski definition) is 3. The number of rotatable bonds is 8. The molecule has 0 saturated carbocycles. The normalized spacial score (nSPS) is 17.2. The minimum absolute atomic E-state index is 0.0820. The molecule has 2 aromatic carbocycles. The second-order valence-electron chi connectivity index (χ2n) is 9.57. The molecule has 8 nitrogen and oxygen atoms in total. The second-order valence-corrected chi connectivity index (χ2v) is 9.57. The van der Waals surface area contributed by atoms with Crippen molar-refractivity contribution in [3.63, 3.8) is 0 Å². The quantitative estimate of drug-likeness (QED) is 0.531. The summed E-state index contributed by atoms with van der Waals surface area (Å²) in [6, 6.07) is 15.6. The average molecular weight is 481 g/mol. The SMILES string of the molecule is CC(C)[C@H](CC(=O)O)NC(=O)C1(NC(=O)OCC2c3ccccc3-c3ccccc32)CCOCC1. The molecule has 186 valence electrons. The van der Waals surface area contributed by atoms with Crippen molar-refractivity contribution < 1.29 is 29.0 Å². The lowest BCUT2D eigenvalue weighted by atomic mass is 9.88. The van der Waals surface area contributed by atoms with Gasteiger partial charge in [0.15, 0.2) is 0 Å². The summed E-state index contributed by atoms with van der Waals surface area (Å²) in [7, 11) is 0. The van der Waals surface area contributed by atoms with Crippen LogP contribution in [0.1, 0.15) is 50.2 Å². The fraction of sp³-hybridized carbons (Fsp3) is 0.444. The van der Waals surface area contributed by atoms with E-state index >= 15 is 0 Å². The molecule has 2 aromatic rings. The van der Waals surface area contributed by atoms with Crippen molar-refractivity contribution in [2.75, 3.05) is 19.8 Å². The van der Waals surface area contributed by atoms with Gasteiger partial charge in [0.05, 0.1) is 6.42 Å². The van der Waals surface area contributed by atoms with Crippen LogP contribution in [0.3, 0.4) is 0 Å². The van der Waals surface area contributed by atoms with Crippen LogP contribution in [0.2, 0.25) is 0 Å². The van der Waals surface area contributed by atoms with Gasteiger partial charge in [-0.05, 0) is 28.2 Å². The third-order valence-corrected chi connectivity index (χ3v) is 6.98. The number of carboxylic acid groups (broad SMARTS) is 1. The van der Waals surface area contributed by atoms with E-state index in [9.17, 15) is 19.5 Å². The molecule has 1 atom stereocenters. The Kier molecular flexibility index (Phi) is 7.40. The van der Waals surface area contributed by atoms with E-state index in [1.165, 1.54) is 0 Å². The first-order chi connectivity index (χ1) is 16.8. The second kappa shape index (κ2) is 10.5. The average Bonchev–Trinajstić information content (AvgIpc) is 3.16. The molecule has 1 heterocycles. The fourth-order valence-corrected chi connectivity index (χ4v) is 4.91. The molecule has 0 aromatic heterocycles. The van der Waals surface area contributed by atoms with Gasteiger partial charge in [0.25, 0.3) is 0 Å². The van der Waals surface area contributed by atoms with Crippen molar-refractivity contribution in [2.45, 2.75) is 50.6 Å². The summed E-state index contributed by atoms with van der Waals surface area (Å²) in [5.41, 5.74) is 3.26. The van der Waals surface area contributed by atoms with E-state index in [2.05, 4.69) is 22.8 Å². The van der Waals surface area contributed by atoms with Gasteiger partial charge in [-0.2, -0.15) is 0 Å². The highest BCUT2D eigenvalue weighted by molar-refractivity contribution is 5.90. The smallest absolute Gasteiger partial charge is 0.408 e. The highest BCUT2D eigenvalue weighted by Crippen LogP contribution is 2.44. The maximum atomic E-state index is 13.3. The molecule has 3 N–H and O–H groups in total. The predicted octanol–water partition coefficient (Wildman–Crippen LogP) is 3.69. The Hall–Kier alpha value is -3.39. The third-order valence-electron chi connectivity index (χ3n) is 6.98. The van der Waals surface area contributed by atoms with E-state index < -0.39 is 29.6 Å². The zero-order chi connectivity index (χ0) is 25.0. The Bertz CT molecular complexity index is 1050. The Morgan fingerprint density at radius 3 is 2.14 bits per heavy atom. The van der Waals surface area contributed by atoms with Crippen molar-refractivity contribution in [1.29, 1.82) is 0 Å². The molecule has 35 heavy (non-hydrogen) atoms. The number of carbonyl (C=O) groups excluding carboxylic acids is 2. The molecule has 2 amide bonds. The number of alkyl carbamates (subject to hydrolysis) is 1. The maximum absolute atomic E-state index is 13.3. The van der Waals surface area contributed by atoms with Crippen LogP contribution in [-0.2, 0) is 19.1 Å². The Balaban J connectivity index is 1.46. The number of hydrogen-bond acceptors (Lipinski definition) is 5. The number of fused-ring (bicyclic) bond motifs is 3. The fourth-order valence-electron chi connectivity index (χ4n) is 4.91. The van der Waals surface area contributed by atoms with Crippen molar-refractivity contribution in [2.24, 2.45) is 5.92 Å². The van der Waals surface area contributed by atoms with Crippen molar-refractivity contribution >= 4 is 18.0 Å². The minimum atomic E-state index is -1.22. The van der Waals surface area contributed by atoms with Gasteiger partial charge in [-0.3, -0.25) is 9.59 Å². The van der Waals surface area contributed by atoms with Crippen molar-refractivity contribution in [3.8, 4) is 11.1 Å². The van der Waals surface area contributed by atoms with Crippen molar-refractivity contribution in [1.82, 2.24) is 10.6 Å². The highest BCUT2D eigenvalue weighted by atomic mass is 16.5. The van der Waals surface area contributed by atoms with Gasteiger partial charge in [0, 0.05) is 38.0 Å². The number of amides is 2. The Morgan fingerprint density at radius 1 is 1.03 bits per heavy atom. The molecule has 0 unspecified atom stereocenters. The maximum Gasteiger partial charge on any atom is 0.408 e. The Labute approximate surface area is 205 Å². The summed E-state index contributed by atoms with van der Waals surface area (Å²) in [5, 5.41) is 14.9. The van der Waals surface area contributed by atoms with Crippen LogP contribution in [0.25, 0.3) is 11.1 Å². The molecule has 0 radical (unpaired) electrons. The van der Waals surface area contributed by atoms with Crippen molar-refractivity contribution in [3.05, 3.63) is 59.7 Å². The number of aliphatic carboxylic acids is 1. The summed E-state index contributed by atoms with van der Waals surface area (Å²) in [4.78, 5) is 37.5. The molecular formula is C27H32N2O6. The van der Waals surface area contributed by atoms with Crippen LogP contribution in [-0.4, -0.2) is 54.5 Å². The zero-order valence-electron chi connectivity index (χ0n) is 20.1. The Morgan fingerprint density at radius 2 is 1.60 bits per heavy atom. The van der Waals surface area contributed by atoms with E-state index in [0.29, 0.717) is 13.2 Å². The molecule has 1 aliphatic carbocycles. The van der Waals surface area contributed by atoms with Gasteiger partial charge in [-0.1, -0.05) is 62.4 Å². The molecule has 0 bridgehead atoms. The molecule has 2 aliphatic rings. The van der Waals surface area contributed by atoms with Gasteiger partial charge < -0.3 is 25.2 Å². The van der Waals surface area contributed by atoms with Crippen LogP contribution < -0.4 is 10.6 Å². The van der Waals surface area contributed by atoms with Gasteiger partial charge in [-0.15, -0.1) is 0 Å². The van der Waals surface area contributed by atoms with Gasteiger partial charge in [-0.25, -0.2) is 4.79 Å². The first-order valence-corrected chi connectivity index (χ1v) is 12.0. The number of carbonyl (C=O) groups is 3. The molecule has 8 heteroatoms. The van der Waals surface area contributed by atoms with E-state index in [1.54, 1.807) is 0 Å². The first-order valence-electron chi connectivity index (χ1n) is 12.0. The number of ether oxygens (including phenoxy) is 2. The van der Waals surface area contributed by atoms with Crippen LogP contribution in [0.15, 0.2) is 48.5 Å². The summed E-state index contributed by atoms with van der Waals surface area (Å²) in [6.45, 7) is 4.46. The van der Waals surface area contributed by atoms with Gasteiger partial charge in [0.1, 0.15) is 12.1 Å². The zero-order valence-corrected chi connectivity index (χ0v) is 20.1. The van der Waals surface area contributed by atoms with E-state index in [4.69, 9.17) is 9.47 Å². The van der Waals surface area contributed by atoms with Gasteiger partial charge in [0.2, 0.25) is 5.91 Å². The summed E-state index contributed by atoms with van der Waals surface area (Å²) in [6.07, 6.45) is -0.314. The third kappa shape index (κ3) is 5.32. The number of carboxylic acids is 1. The molecule has 4 rings (SSSR count). The predicted molar refractivity (Wildman–Crippen MR) is 130 cm³/mol. The lowest BCUT2D eigenvalue weighted by Gasteiger charge is -2.37. The molecule has 1 saturated heterocycles. The summed E-state index contributed by atoms with van der Waals surface area (Å²) in [5.74, 6) is -1.57. The molecule has 0 spiro atoms. The van der Waals surface area contributed by atoms with E-state index in [0.717, 1.165) is 22.3 Å². The van der Waals surface area contributed by atoms with Crippen LogP contribution >= 0.6 is 0 Å². The summed E-state index contributed by atoms with van der Waals surface area (Å²) < 4.78 is 11.1. The molecule has 1 aliphatic heterocycles. The topological polar surface area (TPSA) is 114 Å². The lowest BCUT2D eigenvalue weighted by molar-refractivity contribution is -0.138. The highest BCUT2D eigenvalue weighted by Gasteiger charge is 2.43. The van der Waals surface area contributed by atoms with Crippen LogP contribution in [0, 0.1) is 5.92 Å². The first kappa shape index (κ1) is 24.7. The molecular weight excluding hydrogens is 448 g/mol. The largest absolute Gasteiger partial charge is 0.481 e. The lowest BCUT2D eigenvalue weighted by Crippen LogP contribution is -2.63. The number of nitrogens with one attached hydrogen (secondary N) is 2. The van der Waals surface area contributed by atoms with Crippen LogP contribution in [0.4, 0.5) is 4.79 Å².